The number of halogens is 1. The van der Waals surface area contributed by atoms with Crippen molar-refractivity contribution in [2.45, 2.75) is 51.4 Å². The summed E-state index contributed by atoms with van der Waals surface area (Å²) in [5, 5.41) is 9.75. The molecule has 0 spiro atoms. The number of ether oxygens (including phenoxy) is 1. The van der Waals surface area contributed by atoms with Gasteiger partial charge >= 0.3 is 6.01 Å². The third-order valence-electron chi connectivity index (χ3n) is 4.70. The third kappa shape index (κ3) is 3.73. The lowest BCUT2D eigenvalue weighted by molar-refractivity contribution is 0.0926. The maximum absolute atomic E-state index is 12.7. The summed E-state index contributed by atoms with van der Waals surface area (Å²) < 4.78 is 20.1. The Morgan fingerprint density at radius 3 is 2.92 bits per heavy atom. The molecule has 3 rings (SSSR count). The van der Waals surface area contributed by atoms with Gasteiger partial charge in [-0.15, -0.1) is 0 Å². The van der Waals surface area contributed by atoms with Gasteiger partial charge in [0, 0.05) is 12.3 Å². The standard InChI is InChI=1S/C17H23FN4O3/c1-10-4-2-3-5-13(10)25-17-20-15(19)14-12(24)6-7-22(16(14)21-17)9-11(23)8-18/h6-7,10-11,13,23H,2-5,8-9H2,1H3,(H2,19,20,21)/t10-,11?,13+/m0/s1. The van der Waals surface area contributed by atoms with Crippen LogP contribution >= 0.6 is 0 Å². The van der Waals surface area contributed by atoms with E-state index in [1.54, 1.807) is 0 Å². The van der Waals surface area contributed by atoms with Gasteiger partial charge < -0.3 is 20.1 Å². The van der Waals surface area contributed by atoms with Crippen molar-refractivity contribution in [3.05, 3.63) is 22.5 Å². The zero-order chi connectivity index (χ0) is 18.0. The second-order valence-electron chi connectivity index (χ2n) is 6.65. The Labute approximate surface area is 144 Å². The van der Waals surface area contributed by atoms with E-state index in [0.29, 0.717) is 5.92 Å². The van der Waals surface area contributed by atoms with Gasteiger partial charge in [-0.3, -0.25) is 4.79 Å². The van der Waals surface area contributed by atoms with Crippen LogP contribution in [0, 0.1) is 5.92 Å². The molecule has 1 aliphatic rings. The number of fused-ring (bicyclic) bond motifs is 1. The van der Waals surface area contributed by atoms with Crippen molar-refractivity contribution in [2.75, 3.05) is 12.4 Å². The van der Waals surface area contributed by atoms with Gasteiger partial charge in [-0.05, 0) is 25.2 Å². The average Bonchev–Trinajstić information content (AvgIpc) is 2.59. The van der Waals surface area contributed by atoms with Crippen molar-refractivity contribution in [3.63, 3.8) is 0 Å². The fourth-order valence-electron chi connectivity index (χ4n) is 3.27. The Morgan fingerprint density at radius 2 is 2.20 bits per heavy atom. The average molecular weight is 350 g/mol. The summed E-state index contributed by atoms with van der Waals surface area (Å²) in [4.78, 5) is 20.6. The number of nitrogens with two attached hydrogens (primary N) is 1. The smallest absolute Gasteiger partial charge is 0.320 e. The highest BCUT2D eigenvalue weighted by Gasteiger charge is 2.24. The van der Waals surface area contributed by atoms with Crippen LogP contribution in [0.3, 0.4) is 0 Å². The molecular formula is C17H23FN4O3. The molecule has 2 aromatic heterocycles. The van der Waals surface area contributed by atoms with Crippen LogP contribution in [-0.2, 0) is 6.54 Å². The maximum Gasteiger partial charge on any atom is 0.320 e. The number of alkyl halides is 1. The zero-order valence-corrected chi connectivity index (χ0v) is 14.2. The van der Waals surface area contributed by atoms with Gasteiger partial charge in [-0.2, -0.15) is 9.97 Å². The number of nitrogens with zero attached hydrogens (tertiary/aromatic N) is 3. The van der Waals surface area contributed by atoms with Crippen molar-refractivity contribution < 1.29 is 14.2 Å². The molecule has 8 heteroatoms. The van der Waals surface area contributed by atoms with Crippen molar-refractivity contribution in [2.24, 2.45) is 5.92 Å². The van der Waals surface area contributed by atoms with Gasteiger partial charge in [0.15, 0.2) is 11.1 Å². The molecule has 7 nitrogen and oxygen atoms in total. The van der Waals surface area contributed by atoms with Crippen LogP contribution < -0.4 is 15.9 Å². The molecule has 2 heterocycles. The molecule has 1 aliphatic carbocycles. The summed E-state index contributed by atoms with van der Waals surface area (Å²) >= 11 is 0. The largest absolute Gasteiger partial charge is 0.460 e. The highest BCUT2D eigenvalue weighted by molar-refractivity contribution is 5.85. The Morgan fingerprint density at radius 1 is 1.44 bits per heavy atom. The first-order valence-electron chi connectivity index (χ1n) is 8.57. The highest BCUT2D eigenvalue weighted by atomic mass is 19.1. The number of anilines is 1. The number of aromatic nitrogens is 3. The molecule has 1 saturated carbocycles. The van der Waals surface area contributed by atoms with E-state index in [9.17, 15) is 14.3 Å². The number of aliphatic hydroxyl groups is 1. The molecule has 0 bridgehead atoms. The van der Waals surface area contributed by atoms with Crippen LogP contribution in [0.1, 0.15) is 32.6 Å². The summed E-state index contributed by atoms with van der Waals surface area (Å²) in [6.07, 6.45) is 4.55. The zero-order valence-electron chi connectivity index (χ0n) is 14.2. The lowest BCUT2D eigenvalue weighted by Gasteiger charge is -2.28. The lowest BCUT2D eigenvalue weighted by Crippen LogP contribution is -2.29. The van der Waals surface area contributed by atoms with E-state index in [2.05, 4.69) is 16.9 Å². The quantitative estimate of drug-likeness (QED) is 0.850. The maximum atomic E-state index is 12.7. The SMILES string of the molecule is C[C@H]1CCCC[C@H]1Oc1nc(N)c2c(=O)ccn(CC(O)CF)c2n1. The number of pyridine rings is 1. The van der Waals surface area contributed by atoms with Gasteiger partial charge in [0.2, 0.25) is 0 Å². The first kappa shape index (κ1) is 17.6. The van der Waals surface area contributed by atoms with E-state index in [1.807, 2.05) is 0 Å². The predicted octanol–water partition coefficient (Wildman–Crippen LogP) is 1.66. The van der Waals surface area contributed by atoms with Gasteiger partial charge in [0.05, 0.1) is 6.54 Å². The summed E-state index contributed by atoms with van der Waals surface area (Å²) in [5.41, 5.74) is 5.87. The minimum absolute atomic E-state index is 0.00548. The molecule has 3 atom stereocenters. The Kier molecular flexibility index (Phi) is 5.17. The number of nitrogen functional groups attached to an aromatic ring is 1. The first-order valence-corrected chi connectivity index (χ1v) is 8.57. The second kappa shape index (κ2) is 7.35. The summed E-state index contributed by atoms with van der Waals surface area (Å²) in [6.45, 7) is 1.20. The molecule has 2 aromatic rings. The van der Waals surface area contributed by atoms with E-state index in [0.717, 1.165) is 19.3 Å². The van der Waals surface area contributed by atoms with E-state index in [4.69, 9.17) is 10.5 Å². The Hall–Kier alpha value is -2.22. The minimum atomic E-state index is -1.19. The summed E-state index contributed by atoms with van der Waals surface area (Å²) in [7, 11) is 0. The van der Waals surface area contributed by atoms with Gasteiger partial charge in [-0.1, -0.05) is 13.3 Å². The molecular weight excluding hydrogens is 327 g/mol. The second-order valence-corrected chi connectivity index (χ2v) is 6.65. The fraction of sp³-hybridized carbons (Fsp3) is 0.588. The van der Waals surface area contributed by atoms with Crippen molar-refractivity contribution >= 4 is 16.9 Å². The minimum Gasteiger partial charge on any atom is -0.460 e. The molecule has 1 unspecified atom stereocenters. The molecule has 0 saturated heterocycles. The predicted molar refractivity (Wildman–Crippen MR) is 92.2 cm³/mol. The van der Waals surface area contributed by atoms with E-state index in [-0.39, 0.29) is 40.9 Å². The summed E-state index contributed by atoms with van der Waals surface area (Å²) in [5.74, 6) is 0.415. The molecule has 1 fully saturated rings. The molecule has 0 aliphatic heterocycles. The van der Waals surface area contributed by atoms with E-state index < -0.39 is 12.8 Å². The monoisotopic (exact) mass is 350 g/mol. The van der Waals surface area contributed by atoms with Crippen LogP contribution in [0.5, 0.6) is 6.01 Å². The number of rotatable bonds is 5. The van der Waals surface area contributed by atoms with Gasteiger partial charge in [0.1, 0.15) is 30.1 Å². The van der Waals surface area contributed by atoms with E-state index >= 15 is 0 Å². The molecule has 25 heavy (non-hydrogen) atoms. The van der Waals surface area contributed by atoms with Gasteiger partial charge in [0.25, 0.3) is 0 Å². The summed E-state index contributed by atoms with van der Waals surface area (Å²) in [6, 6.07) is 1.41. The van der Waals surface area contributed by atoms with Crippen LogP contribution in [0.25, 0.3) is 11.0 Å². The van der Waals surface area contributed by atoms with E-state index in [1.165, 1.54) is 23.3 Å². The molecule has 136 valence electrons. The van der Waals surface area contributed by atoms with Gasteiger partial charge in [-0.25, -0.2) is 4.39 Å². The van der Waals surface area contributed by atoms with Crippen LogP contribution in [0.4, 0.5) is 10.2 Å². The molecule has 0 aromatic carbocycles. The number of hydrogen-bond donors (Lipinski definition) is 2. The first-order chi connectivity index (χ1) is 12.0. The van der Waals surface area contributed by atoms with Crippen molar-refractivity contribution in [3.8, 4) is 6.01 Å². The van der Waals surface area contributed by atoms with Crippen LogP contribution in [0.15, 0.2) is 17.1 Å². The number of aliphatic hydroxyl groups excluding tert-OH is 1. The topological polar surface area (TPSA) is 103 Å². The molecule has 0 radical (unpaired) electrons. The fourth-order valence-corrected chi connectivity index (χ4v) is 3.27. The Bertz CT molecular complexity index is 810. The normalized spacial score (nSPS) is 22.0. The van der Waals surface area contributed by atoms with Crippen molar-refractivity contribution in [1.82, 2.24) is 14.5 Å². The lowest BCUT2D eigenvalue weighted by atomic mass is 9.88. The van der Waals surface area contributed by atoms with Crippen LogP contribution in [-0.4, -0.2) is 38.5 Å². The molecule has 0 amide bonds. The third-order valence-corrected chi connectivity index (χ3v) is 4.70. The van der Waals surface area contributed by atoms with Crippen LogP contribution in [0.2, 0.25) is 0 Å². The highest BCUT2D eigenvalue weighted by Crippen LogP contribution is 2.28. The van der Waals surface area contributed by atoms with Crippen molar-refractivity contribution in [1.29, 1.82) is 0 Å². The number of hydrogen-bond acceptors (Lipinski definition) is 6. The molecule has 3 N–H and O–H groups in total. The Balaban J connectivity index is 2.00.